The summed E-state index contributed by atoms with van der Waals surface area (Å²) in [6.07, 6.45) is 0.0649. The molecule has 2 fully saturated rings. The van der Waals surface area contributed by atoms with E-state index in [1.807, 2.05) is 13.8 Å². The van der Waals surface area contributed by atoms with Gasteiger partial charge in [-0.25, -0.2) is 4.79 Å². The van der Waals surface area contributed by atoms with Gasteiger partial charge in [-0.1, -0.05) is 12.1 Å². The first-order chi connectivity index (χ1) is 14.8. The predicted octanol–water partition coefficient (Wildman–Crippen LogP) is 1.57. The normalized spacial score (nSPS) is 23.7. The summed E-state index contributed by atoms with van der Waals surface area (Å²) >= 11 is 1.41. The number of amides is 2. The molecule has 9 nitrogen and oxygen atoms in total. The van der Waals surface area contributed by atoms with Crippen LogP contribution in [0.25, 0.3) is 0 Å². The van der Waals surface area contributed by atoms with Crippen molar-refractivity contribution in [2.24, 2.45) is 5.41 Å². The fourth-order valence-electron chi connectivity index (χ4n) is 3.59. The van der Waals surface area contributed by atoms with Gasteiger partial charge in [0.15, 0.2) is 0 Å². The SMILES string of the molecule is CC(C)(C)C(=O)OCOC(=O)[C@@H]1N2C(=O)[C@@H](NC(=O)Cc3ccc(O)cc3)[C@H]2SC1(C)C. The first-order valence-electron chi connectivity index (χ1n) is 10.2. The van der Waals surface area contributed by atoms with Crippen LogP contribution < -0.4 is 5.32 Å². The Hall–Kier alpha value is -2.75. The zero-order valence-corrected chi connectivity index (χ0v) is 19.5. The number of nitrogens with one attached hydrogen (secondary N) is 1. The van der Waals surface area contributed by atoms with Crippen LogP contribution in [0, 0.1) is 5.41 Å². The highest BCUT2D eigenvalue weighted by Gasteiger charge is 2.64. The van der Waals surface area contributed by atoms with Crippen LogP contribution in [-0.4, -0.2) is 62.8 Å². The third kappa shape index (κ3) is 4.85. The second-order valence-electron chi connectivity index (χ2n) is 9.41. The van der Waals surface area contributed by atoms with Crippen molar-refractivity contribution >= 4 is 35.5 Å². The second-order valence-corrected chi connectivity index (χ2v) is 11.2. The largest absolute Gasteiger partial charge is 0.508 e. The molecule has 2 N–H and O–H groups in total. The Morgan fingerprint density at radius 1 is 1.16 bits per heavy atom. The molecular weight excluding hydrogens is 436 g/mol. The van der Waals surface area contributed by atoms with E-state index >= 15 is 0 Å². The van der Waals surface area contributed by atoms with E-state index in [9.17, 15) is 24.3 Å². The molecule has 32 heavy (non-hydrogen) atoms. The number of hydrogen-bond donors (Lipinski definition) is 2. The van der Waals surface area contributed by atoms with Crippen molar-refractivity contribution in [2.75, 3.05) is 6.79 Å². The summed E-state index contributed by atoms with van der Waals surface area (Å²) in [5, 5.41) is 11.7. The number of hydrogen-bond acceptors (Lipinski definition) is 8. The van der Waals surface area contributed by atoms with E-state index < -0.39 is 46.4 Å². The van der Waals surface area contributed by atoms with Crippen LogP contribution in [-0.2, 0) is 35.1 Å². The topological polar surface area (TPSA) is 122 Å². The molecule has 0 radical (unpaired) electrons. The third-order valence-corrected chi connectivity index (χ3v) is 6.86. The number of β-lactam (4-membered cyclic amide) rings is 1. The van der Waals surface area contributed by atoms with E-state index in [0.717, 1.165) is 0 Å². The Labute approximate surface area is 190 Å². The number of phenolic OH excluding ortho intramolecular Hbond substituents is 1. The zero-order valence-electron chi connectivity index (χ0n) is 18.7. The summed E-state index contributed by atoms with van der Waals surface area (Å²) < 4.78 is 9.47. The van der Waals surface area contributed by atoms with E-state index in [1.54, 1.807) is 32.9 Å². The minimum atomic E-state index is -0.858. The number of rotatable bonds is 6. The maximum atomic E-state index is 12.8. The lowest BCUT2D eigenvalue weighted by atomic mass is 9.96. The molecule has 2 heterocycles. The van der Waals surface area contributed by atoms with E-state index in [-0.39, 0.29) is 24.0 Å². The average Bonchev–Trinajstić information content (AvgIpc) is 2.95. The monoisotopic (exact) mass is 464 g/mol. The number of esters is 2. The molecule has 0 aliphatic carbocycles. The minimum Gasteiger partial charge on any atom is -0.508 e. The van der Waals surface area contributed by atoms with Gasteiger partial charge in [0.25, 0.3) is 0 Å². The fourth-order valence-corrected chi connectivity index (χ4v) is 5.21. The Kier molecular flexibility index (Phi) is 6.46. The number of ether oxygens (including phenoxy) is 2. The molecule has 0 bridgehead atoms. The zero-order chi connectivity index (χ0) is 23.8. The molecule has 174 valence electrons. The molecule has 2 aliphatic rings. The molecule has 0 saturated carbocycles. The molecule has 0 spiro atoms. The van der Waals surface area contributed by atoms with E-state index in [1.165, 1.54) is 28.8 Å². The number of carbonyl (C=O) groups is 4. The van der Waals surface area contributed by atoms with E-state index in [0.29, 0.717) is 5.56 Å². The van der Waals surface area contributed by atoms with Crippen LogP contribution in [0.2, 0.25) is 0 Å². The van der Waals surface area contributed by atoms with Gasteiger partial charge in [0.05, 0.1) is 11.8 Å². The van der Waals surface area contributed by atoms with Crippen LogP contribution in [0.1, 0.15) is 40.2 Å². The number of fused-ring (bicyclic) bond motifs is 1. The number of nitrogens with zero attached hydrogens (tertiary/aromatic N) is 1. The molecule has 2 amide bonds. The maximum Gasteiger partial charge on any atom is 0.333 e. The molecular formula is C22H28N2O7S. The van der Waals surface area contributed by atoms with Gasteiger partial charge in [-0.3, -0.25) is 14.4 Å². The van der Waals surface area contributed by atoms with Gasteiger partial charge < -0.3 is 24.8 Å². The van der Waals surface area contributed by atoms with Crippen LogP contribution >= 0.6 is 11.8 Å². The van der Waals surface area contributed by atoms with Gasteiger partial charge in [0.1, 0.15) is 23.2 Å². The Morgan fingerprint density at radius 3 is 2.38 bits per heavy atom. The maximum absolute atomic E-state index is 12.8. The van der Waals surface area contributed by atoms with Gasteiger partial charge >= 0.3 is 11.9 Å². The third-order valence-electron chi connectivity index (χ3n) is 5.29. The molecule has 0 unspecified atom stereocenters. The summed E-state index contributed by atoms with van der Waals surface area (Å²) in [6, 6.07) is 4.65. The van der Waals surface area contributed by atoms with Gasteiger partial charge in [0.2, 0.25) is 18.6 Å². The quantitative estimate of drug-likeness (QED) is 0.370. The van der Waals surface area contributed by atoms with Crippen LogP contribution in [0.5, 0.6) is 5.75 Å². The highest BCUT2D eigenvalue weighted by atomic mass is 32.2. The highest BCUT2D eigenvalue weighted by Crippen LogP contribution is 2.51. The lowest BCUT2D eigenvalue weighted by Gasteiger charge is -2.43. The van der Waals surface area contributed by atoms with Crippen molar-refractivity contribution in [3.63, 3.8) is 0 Å². The molecule has 3 atom stereocenters. The summed E-state index contributed by atoms with van der Waals surface area (Å²) in [4.78, 5) is 51.1. The molecule has 2 aliphatic heterocycles. The minimum absolute atomic E-state index is 0.0649. The Balaban J connectivity index is 1.58. The lowest BCUT2D eigenvalue weighted by molar-refractivity contribution is -0.180. The molecule has 3 rings (SSSR count). The molecule has 2 saturated heterocycles. The van der Waals surface area contributed by atoms with Crippen molar-refractivity contribution in [1.29, 1.82) is 0 Å². The van der Waals surface area contributed by atoms with Crippen molar-refractivity contribution in [1.82, 2.24) is 10.2 Å². The van der Waals surface area contributed by atoms with Crippen molar-refractivity contribution < 1.29 is 33.8 Å². The first kappa shape index (κ1) is 23.9. The first-order valence-corrected chi connectivity index (χ1v) is 11.1. The Bertz CT molecular complexity index is 923. The number of carbonyl (C=O) groups excluding carboxylic acids is 4. The summed E-state index contributed by atoms with van der Waals surface area (Å²) in [6.45, 7) is 8.19. The molecule has 0 aromatic heterocycles. The van der Waals surface area contributed by atoms with Crippen molar-refractivity contribution in [2.45, 2.75) is 63.2 Å². The summed E-state index contributed by atoms with van der Waals surface area (Å²) in [7, 11) is 0. The van der Waals surface area contributed by atoms with Crippen molar-refractivity contribution in [3.8, 4) is 5.75 Å². The fraction of sp³-hybridized carbons (Fsp3) is 0.545. The summed E-state index contributed by atoms with van der Waals surface area (Å²) in [5.41, 5.74) is -0.0199. The van der Waals surface area contributed by atoms with E-state index in [4.69, 9.17) is 9.47 Å². The van der Waals surface area contributed by atoms with Gasteiger partial charge in [-0.15, -0.1) is 11.8 Å². The standard InChI is InChI=1S/C22H28N2O7S/c1-21(2,3)20(29)31-11-30-19(28)16-22(4,5)32-18-15(17(27)24(16)18)23-14(26)10-12-6-8-13(25)9-7-12/h6-9,15-16,18,25H,10-11H2,1-5H3,(H,23,26)/t15-,16+,18-/m1/s1. The van der Waals surface area contributed by atoms with Crippen LogP contribution in [0.4, 0.5) is 0 Å². The second kappa shape index (κ2) is 8.65. The predicted molar refractivity (Wildman–Crippen MR) is 116 cm³/mol. The van der Waals surface area contributed by atoms with Gasteiger partial charge in [-0.05, 0) is 52.3 Å². The number of phenols is 1. The molecule has 1 aromatic carbocycles. The molecule has 1 aromatic rings. The molecule has 10 heteroatoms. The smallest absolute Gasteiger partial charge is 0.333 e. The highest BCUT2D eigenvalue weighted by molar-refractivity contribution is 8.01. The average molecular weight is 465 g/mol. The Morgan fingerprint density at radius 2 is 1.78 bits per heavy atom. The van der Waals surface area contributed by atoms with Crippen LogP contribution in [0.3, 0.4) is 0 Å². The van der Waals surface area contributed by atoms with Gasteiger partial charge in [-0.2, -0.15) is 0 Å². The lowest BCUT2D eigenvalue weighted by Crippen LogP contribution is -2.70. The van der Waals surface area contributed by atoms with Crippen LogP contribution in [0.15, 0.2) is 24.3 Å². The number of aromatic hydroxyl groups is 1. The van der Waals surface area contributed by atoms with Crippen molar-refractivity contribution in [3.05, 3.63) is 29.8 Å². The number of thioether (sulfide) groups is 1. The summed E-state index contributed by atoms with van der Waals surface area (Å²) in [5.74, 6) is -1.74. The van der Waals surface area contributed by atoms with Gasteiger partial charge in [0, 0.05) is 4.75 Å². The van der Waals surface area contributed by atoms with E-state index in [2.05, 4.69) is 5.32 Å². The number of benzene rings is 1.